The van der Waals surface area contributed by atoms with Crippen molar-refractivity contribution in [1.82, 2.24) is 9.88 Å². The van der Waals surface area contributed by atoms with E-state index in [0.717, 1.165) is 4.31 Å². The van der Waals surface area contributed by atoms with Gasteiger partial charge in [0, 0.05) is 37.2 Å². The second kappa shape index (κ2) is 9.44. The van der Waals surface area contributed by atoms with Crippen LogP contribution in [0.3, 0.4) is 0 Å². The van der Waals surface area contributed by atoms with E-state index in [1.54, 1.807) is 24.3 Å². The van der Waals surface area contributed by atoms with E-state index < -0.39 is 21.4 Å². The van der Waals surface area contributed by atoms with Gasteiger partial charge >= 0.3 is 0 Å². The number of nitrogens with one attached hydrogen (secondary N) is 1. The highest BCUT2D eigenvalue weighted by Crippen LogP contribution is 2.31. The molecule has 0 unspecified atom stereocenters. The summed E-state index contributed by atoms with van der Waals surface area (Å²) < 4.78 is 33.4. The van der Waals surface area contributed by atoms with Crippen molar-refractivity contribution in [2.75, 3.05) is 31.0 Å². The van der Waals surface area contributed by atoms with Crippen LogP contribution in [0.2, 0.25) is 0 Å². The molecule has 1 aromatic heterocycles. The number of anilines is 1. The standard InChI is InChI=1S/C23H27N3O5S/c1-5-26(6-2)23(28)18-15-24-19-13-12-16(14-17(19)22(18)27)32(29,30)25(4)20-10-8-9-11-21(20)31-7-3/h8-15H,5-7H2,1-4H3,(H,24,27). The number of hydrogen-bond donors (Lipinski definition) is 1. The van der Waals surface area contributed by atoms with Gasteiger partial charge in [-0.1, -0.05) is 12.1 Å². The van der Waals surface area contributed by atoms with Crippen molar-refractivity contribution in [3.05, 3.63) is 64.4 Å². The average molecular weight is 458 g/mol. The van der Waals surface area contributed by atoms with Gasteiger partial charge in [0.25, 0.3) is 15.9 Å². The Kier molecular flexibility index (Phi) is 6.88. The van der Waals surface area contributed by atoms with E-state index in [1.807, 2.05) is 20.8 Å². The zero-order valence-electron chi connectivity index (χ0n) is 18.6. The second-order valence-corrected chi connectivity index (χ2v) is 9.06. The van der Waals surface area contributed by atoms with Crippen molar-refractivity contribution in [2.45, 2.75) is 25.7 Å². The van der Waals surface area contributed by atoms with Crippen molar-refractivity contribution < 1.29 is 17.9 Å². The highest BCUT2D eigenvalue weighted by atomic mass is 32.2. The Labute approximate surface area is 187 Å². The van der Waals surface area contributed by atoms with Crippen LogP contribution in [0.4, 0.5) is 5.69 Å². The fraction of sp³-hybridized carbons (Fsp3) is 0.304. The predicted molar refractivity (Wildman–Crippen MR) is 125 cm³/mol. The summed E-state index contributed by atoms with van der Waals surface area (Å²) in [5.74, 6) is 0.0426. The number of ether oxygens (including phenoxy) is 1. The lowest BCUT2D eigenvalue weighted by Gasteiger charge is -2.22. The maximum Gasteiger partial charge on any atom is 0.264 e. The minimum absolute atomic E-state index is 0.0224. The van der Waals surface area contributed by atoms with Gasteiger partial charge in [-0.15, -0.1) is 0 Å². The summed E-state index contributed by atoms with van der Waals surface area (Å²) in [6.45, 7) is 6.79. The lowest BCUT2D eigenvalue weighted by molar-refractivity contribution is 0.0771. The molecule has 0 saturated carbocycles. The number of para-hydroxylation sites is 2. The molecule has 32 heavy (non-hydrogen) atoms. The van der Waals surface area contributed by atoms with Gasteiger partial charge < -0.3 is 14.6 Å². The van der Waals surface area contributed by atoms with E-state index in [-0.39, 0.29) is 15.8 Å². The number of H-pyrrole nitrogens is 1. The SMILES string of the molecule is CCOc1ccccc1N(C)S(=O)(=O)c1ccc2[nH]cc(C(=O)N(CC)CC)c(=O)c2c1. The number of nitrogens with zero attached hydrogens (tertiary/aromatic N) is 2. The molecule has 0 radical (unpaired) electrons. The van der Waals surface area contributed by atoms with Crippen LogP contribution < -0.4 is 14.5 Å². The Morgan fingerprint density at radius 3 is 2.41 bits per heavy atom. The van der Waals surface area contributed by atoms with Crippen molar-refractivity contribution in [3.8, 4) is 5.75 Å². The Hall–Kier alpha value is -3.33. The number of carbonyl (C=O) groups is 1. The van der Waals surface area contributed by atoms with Crippen LogP contribution in [0.5, 0.6) is 5.75 Å². The normalized spacial score (nSPS) is 11.4. The van der Waals surface area contributed by atoms with E-state index >= 15 is 0 Å². The predicted octanol–water partition coefficient (Wildman–Crippen LogP) is 3.23. The largest absolute Gasteiger partial charge is 0.492 e. The monoisotopic (exact) mass is 457 g/mol. The first-order valence-electron chi connectivity index (χ1n) is 10.4. The van der Waals surface area contributed by atoms with Crippen LogP contribution in [0, 0.1) is 0 Å². The molecule has 3 rings (SSSR count). The van der Waals surface area contributed by atoms with Crippen LogP contribution in [0.25, 0.3) is 10.9 Å². The summed E-state index contributed by atoms with van der Waals surface area (Å²) in [6.07, 6.45) is 1.38. The maximum atomic E-state index is 13.3. The Balaban J connectivity index is 2.10. The minimum Gasteiger partial charge on any atom is -0.492 e. The maximum absolute atomic E-state index is 13.3. The van der Waals surface area contributed by atoms with Crippen molar-refractivity contribution in [1.29, 1.82) is 0 Å². The van der Waals surface area contributed by atoms with Gasteiger partial charge in [-0.3, -0.25) is 13.9 Å². The molecule has 2 aromatic carbocycles. The molecule has 0 saturated heterocycles. The quantitative estimate of drug-likeness (QED) is 0.560. The molecule has 0 aliphatic rings. The number of hydrogen-bond acceptors (Lipinski definition) is 5. The third-order valence-corrected chi connectivity index (χ3v) is 7.06. The molecular formula is C23H27N3O5S. The number of aromatic amines is 1. The first kappa shape index (κ1) is 23.3. The van der Waals surface area contributed by atoms with Gasteiger partial charge in [-0.2, -0.15) is 0 Å². The molecule has 170 valence electrons. The van der Waals surface area contributed by atoms with Crippen LogP contribution in [0.1, 0.15) is 31.1 Å². The second-order valence-electron chi connectivity index (χ2n) is 7.09. The van der Waals surface area contributed by atoms with Gasteiger partial charge in [0.05, 0.1) is 17.2 Å². The first-order chi connectivity index (χ1) is 15.3. The van der Waals surface area contributed by atoms with Gasteiger partial charge in [-0.05, 0) is 51.1 Å². The molecule has 9 heteroatoms. The highest BCUT2D eigenvalue weighted by molar-refractivity contribution is 7.92. The van der Waals surface area contributed by atoms with Gasteiger partial charge in [-0.25, -0.2) is 8.42 Å². The Morgan fingerprint density at radius 1 is 1.06 bits per heavy atom. The third kappa shape index (κ3) is 4.20. The average Bonchev–Trinajstić information content (AvgIpc) is 2.80. The summed E-state index contributed by atoms with van der Waals surface area (Å²) in [5.41, 5.74) is 0.298. The molecule has 3 aromatic rings. The number of carbonyl (C=O) groups excluding carboxylic acids is 1. The molecule has 1 heterocycles. The molecule has 0 aliphatic carbocycles. The molecule has 1 N–H and O–H groups in total. The van der Waals surface area contributed by atoms with Crippen LogP contribution in [-0.4, -0.2) is 51.0 Å². The van der Waals surface area contributed by atoms with Crippen LogP contribution >= 0.6 is 0 Å². The molecule has 0 spiro atoms. The molecular weight excluding hydrogens is 430 g/mol. The van der Waals surface area contributed by atoms with E-state index in [0.29, 0.717) is 36.6 Å². The lowest BCUT2D eigenvalue weighted by atomic mass is 10.1. The molecule has 0 aliphatic heterocycles. The van der Waals surface area contributed by atoms with Gasteiger partial charge in [0.15, 0.2) is 0 Å². The molecule has 0 atom stereocenters. The number of benzene rings is 2. The van der Waals surface area contributed by atoms with E-state index in [2.05, 4.69) is 4.98 Å². The molecule has 1 amide bonds. The summed E-state index contributed by atoms with van der Waals surface area (Å²) in [7, 11) is -2.56. The van der Waals surface area contributed by atoms with E-state index in [4.69, 9.17) is 4.74 Å². The van der Waals surface area contributed by atoms with E-state index in [1.165, 1.54) is 36.3 Å². The number of amides is 1. The zero-order chi connectivity index (χ0) is 23.5. The first-order valence-corrected chi connectivity index (χ1v) is 11.9. The fourth-order valence-electron chi connectivity index (χ4n) is 3.48. The van der Waals surface area contributed by atoms with E-state index in [9.17, 15) is 18.0 Å². The number of sulfonamides is 1. The van der Waals surface area contributed by atoms with Crippen molar-refractivity contribution >= 4 is 32.5 Å². The summed E-state index contributed by atoms with van der Waals surface area (Å²) in [4.78, 5) is 30.2. The number of rotatable bonds is 8. The summed E-state index contributed by atoms with van der Waals surface area (Å²) in [6, 6.07) is 11.1. The zero-order valence-corrected chi connectivity index (χ0v) is 19.4. The summed E-state index contributed by atoms with van der Waals surface area (Å²) in [5, 5.41) is 0.135. The lowest BCUT2D eigenvalue weighted by Crippen LogP contribution is -2.34. The summed E-state index contributed by atoms with van der Waals surface area (Å²) >= 11 is 0. The topological polar surface area (TPSA) is 99.8 Å². The molecule has 0 fully saturated rings. The smallest absolute Gasteiger partial charge is 0.264 e. The Morgan fingerprint density at radius 2 is 1.75 bits per heavy atom. The van der Waals surface area contributed by atoms with Crippen LogP contribution in [-0.2, 0) is 10.0 Å². The van der Waals surface area contributed by atoms with Crippen LogP contribution in [0.15, 0.2) is 58.4 Å². The van der Waals surface area contributed by atoms with Crippen molar-refractivity contribution in [2.24, 2.45) is 0 Å². The minimum atomic E-state index is -3.99. The Bertz CT molecular complexity index is 1300. The van der Waals surface area contributed by atoms with Crippen molar-refractivity contribution in [3.63, 3.8) is 0 Å². The number of pyridine rings is 1. The molecule has 0 bridgehead atoms. The van der Waals surface area contributed by atoms with Gasteiger partial charge in [0.1, 0.15) is 11.3 Å². The number of aromatic nitrogens is 1. The molecule has 8 nitrogen and oxygen atoms in total. The van der Waals surface area contributed by atoms with Gasteiger partial charge in [0.2, 0.25) is 5.43 Å². The number of fused-ring (bicyclic) bond motifs is 1. The fourth-order valence-corrected chi connectivity index (χ4v) is 4.71. The third-order valence-electron chi connectivity index (χ3n) is 5.30. The highest BCUT2D eigenvalue weighted by Gasteiger charge is 2.25.